The van der Waals surface area contributed by atoms with E-state index in [1.165, 1.54) is 16.5 Å². The smallest absolute Gasteiger partial charge is 0.272 e. The van der Waals surface area contributed by atoms with Crippen molar-refractivity contribution in [2.75, 3.05) is 0 Å². The molecule has 0 aliphatic rings. The molecule has 0 aliphatic carbocycles. The van der Waals surface area contributed by atoms with E-state index in [0.29, 0.717) is 6.42 Å². The summed E-state index contributed by atoms with van der Waals surface area (Å²) < 4.78 is 2.15. The van der Waals surface area contributed by atoms with E-state index in [-0.39, 0.29) is 10.6 Å². The Morgan fingerprint density at radius 3 is 2.71 bits per heavy atom. The zero-order chi connectivity index (χ0) is 14.8. The van der Waals surface area contributed by atoms with Crippen LogP contribution in [0.2, 0.25) is 0 Å². The Kier molecular flexibility index (Phi) is 3.44. The average Bonchev–Trinajstić information content (AvgIpc) is 2.90. The largest absolute Gasteiger partial charge is 0.347 e. The van der Waals surface area contributed by atoms with Gasteiger partial charge in [0.15, 0.2) is 0 Å². The Labute approximate surface area is 122 Å². The van der Waals surface area contributed by atoms with E-state index in [1.807, 2.05) is 24.4 Å². The highest BCUT2D eigenvalue weighted by atomic mass is 16.6. The third-order valence-electron chi connectivity index (χ3n) is 3.84. The fraction of sp³-hybridized carbons (Fsp3) is 0.176. The van der Waals surface area contributed by atoms with E-state index in [1.54, 1.807) is 12.1 Å². The zero-order valence-corrected chi connectivity index (χ0v) is 11.8. The molecule has 0 aliphatic heterocycles. The first kappa shape index (κ1) is 13.4. The molecule has 3 aromatic rings. The van der Waals surface area contributed by atoms with Crippen LogP contribution in [0.15, 0.2) is 54.7 Å². The number of rotatable bonds is 4. The van der Waals surface area contributed by atoms with Crippen LogP contribution in [0.3, 0.4) is 0 Å². The molecule has 1 heterocycles. The van der Waals surface area contributed by atoms with Gasteiger partial charge >= 0.3 is 0 Å². The van der Waals surface area contributed by atoms with Gasteiger partial charge in [0.05, 0.1) is 4.92 Å². The summed E-state index contributed by atoms with van der Waals surface area (Å²) in [5.41, 5.74) is 3.40. The normalized spacial score (nSPS) is 10.9. The number of fused-ring (bicyclic) bond motifs is 1. The van der Waals surface area contributed by atoms with E-state index in [2.05, 4.69) is 29.7 Å². The molecule has 0 saturated heterocycles. The highest BCUT2D eigenvalue weighted by Crippen LogP contribution is 2.22. The van der Waals surface area contributed by atoms with Gasteiger partial charge in [-0.15, -0.1) is 0 Å². The summed E-state index contributed by atoms with van der Waals surface area (Å²) in [6.45, 7) is 2.83. The molecule has 106 valence electrons. The van der Waals surface area contributed by atoms with Gasteiger partial charge in [-0.05, 0) is 31.0 Å². The van der Waals surface area contributed by atoms with Crippen molar-refractivity contribution in [3.8, 4) is 0 Å². The minimum Gasteiger partial charge on any atom is -0.347 e. The van der Waals surface area contributed by atoms with Crippen molar-refractivity contribution in [2.24, 2.45) is 0 Å². The molecule has 4 nitrogen and oxygen atoms in total. The lowest BCUT2D eigenvalue weighted by atomic mass is 10.1. The molecule has 0 N–H and O–H groups in total. The standard InChI is InChI=1S/C17H16N2O2/c1-13-5-4-8-17-15(13)10-12-18(17)11-9-14-6-2-3-7-16(14)19(20)21/h2-8,10,12H,9,11H2,1H3. The Bertz CT molecular complexity index is 805. The summed E-state index contributed by atoms with van der Waals surface area (Å²) in [5, 5.41) is 12.3. The van der Waals surface area contributed by atoms with Crippen LogP contribution >= 0.6 is 0 Å². The average molecular weight is 280 g/mol. The number of hydrogen-bond acceptors (Lipinski definition) is 2. The Morgan fingerprint density at radius 1 is 1.10 bits per heavy atom. The molecule has 1 aromatic heterocycles. The summed E-state index contributed by atoms with van der Waals surface area (Å²) in [7, 11) is 0. The molecule has 0 unspecified atom stereocenters. The third kappa shape index (κ3) is 2.52. The number of benzene rings is 2. The molecule has 0 fully saturated rings. The van der Waals surface area contributed by atoms with E-state index in [0.717, 1.165) is 12.1 Å². The van der Waals surface area contributed by atoms with E-state index in [9.17, 15) is 10.1 Å². The maximum absolute atomic E-state index is 11.0. The van der Waals surface area contributed by atoms with Crippen LogP contribution in [0.1, 0.15) is 11.1 Å². The summed E-state index contributed by atoms with van der Waals surface area (Å²) in [6, 6.07) is 15.3. The molecule has 21 heavy (non-hydrogen) atoms. The summed E-state index contributed by atoms with van der Waals surface area (Å²) in [4.78, 5) is 10.7. The summed E-state index contributed by atoms with van der Waals surface area (Å²) in [6.07, 6.45) is 2.70. The van der Waals surface area contributed by atoms with Gasteiger partial charge in [-0.1, -0.05) is 30.3 Å². The minimum absolute atomic E-state index is 0.199. The number of aryl methyl sites for hydroxylation is 3. The molecule has 3 rings (SSSR count). The monoisotopic (exact) mass is 280 g/mol. The van der Waals surface area contributed by atoms with E-state index < -0.39 is 0 Å². The van der Waals surface area contributed by atoms with Crippen molar-refractivity contribution in [2.45, 2.75) is 19.9 Å². The topological polar surface area (TPSA) is 48.1 Å². The molecule has 0 atom stereocenters. The first-order valence-electron chi connectivity index (χ1n) is 6.93. The van der Waals surface area contributed by atoms with E-state index >= 15 is 0 Å². The molecule has 0 radical (unpaired) electrons. The van der Waals surface area contributed by atoms with Gasteiger partial charge in [0.2, 0.25) is 0 Å². The number of para-hydroxylation sites is 1. The van der Waals surface area contributed by atoms with Gasteiger partial charge in [0.25, 0.3) is 5.69 Å². The lowest BCUT2D eigenvalue weighted by Gasteiger charge is -2.07. The highest BCUT2D eigenvalue weighted by Gasteiger charge is 2.12. The fourth-order valence-electron chi connectivity index (χ4n) is 2.71. The predicted molar refractivity (Wildman–Crippen MR) is 83.5 cm³/mol. The molecule has 4 heteroatoms. The van der Waals surface area contributed by atoms with Crippen LogP contribution in [0, 0.1) is 17.0 Å². The number of nitro benzene ring substituents is 1. The molecule has 0 spiro atoms. The van der Waals surface area contributed by atoms with Gasteiger partial charge in [0.1, 0.15) is 0 Å². The molecular formula is C17H16N2O2. The van der Waals surface area contributed by atoms with Crippen LogP contribution in [-0.4, -0.2) is 9.49 Å². The first-order chi connectivity index (χ1) is 10.2. The second-order valence-corrected chi connectivity index (χ2v) is 5.15. The SMILES string of the molecule is Cc1cccc2c1ccn2CCc1ccccc1[N+](=O)[O-]. The van der Waals surface area contributed by atoms with Crippen LogP contribution in [0.25, 0.3) is 10.9 Å². The van der Waals surface area contributed by atoms with Crippen LogP contribution < -0.4 is 0 Å². The number of nitrogens with zero attached hydrogens (tertiary/aromatic N) is 2. The van der Waals surface area contributed by atoms with Gasteiger partial charge in [-0.3, -0.25) is 10.1 Å². The lowest BCUT2D eigenvalue weighted by molar-refractivity contribution is -0.385. The Balaban J connectivity index is 1.88. The quantitative estimate of drug-likeness (QED) is 0.533. The van der Waals surface area contributed by atoms with Crippen LogP contribution in [0.5, 0.6) is 0 Å². The fourth-order valence-corrected chi connectivity index (χ4v) is 2.71. The molecular weight excluding hydrogens is 264 g/mol. The van der Waals surface area contributed by atoms with Crippen molar-refractivity contribution in [1.29, 1.82) is 0 Å². The zero-order valence-electron chi connectivity index (χ0n) is 11.8. The molecule has 2 aromatic carbocycles. The number of hydrogen-bond donors (Lipinski definition) is 0. The Morgan fingerprint density at radius 2 is 1.90 bits per heavy atom. The lowest BCUT2D eigenvalue weighted by Crippen LogP contribution is -2.02. The Hall–Kier alpha value is -2.62. The molecule has 0 bridgehead atoms. The van der Waals surface area contributed by atoms with Gasteiger partial charge in [0, 0.05) is 35.3 Å². The van der Waals surface area contributed by atoms with Crippen molar-refractivity contribution in [1.82, 2.24) is 4.57 Å². The third-order valence-corrected chi connectivity index (χ3v) is 3.84. The van der Waals surface area contributed by atoms with Crippen LogP contribution in [0.4, 0.5) is 5.69 Å². The van der Waals surface area contributed by atoms with Crippen molar-refractivity contribution >= 4 is 16.6 Å². The predicted octanol–water partition coefficient (Wildman–Crippen LogP) is 4.10. The first-order valence-corrected chi connectivity index (χ1v) is 6.93. The van der Waals surface area contributed by atoms with Crippen molar-refractivity contribution in [3.63, 3.8) is 0 Å². The number of aromatic nitrogens is 1. The van der Waals surface area contributed by atoms with Crippen molar-refractivity contribution in [3.05, 3.63) is 76.0 Å². The number of nitro groups is 1. The summed E-state index contributed by atoms with van der Waals surface area (Å²) in [5.74, 6) is 0. The molecule has 0 amide bonds. The second-order valence-electron chi connectivity index (χ2n) is 5.15. The van der Waals surface area contributed by atoms with Gasteiger partial charge < -0.3 is 4.57 Å². The van der Waals surface area contributed by atoms with Crippen molar-refractivity contribution < 1.29 is 4.92 Å². The molecule has 0 saturated carbocycles. The highest BCUT2D eigenvalue weighted by molar-refractivity contribution is 5.83. The maximum atomic E-state index is 11.0. The van der Waals surface area contributed by atoms with E-state index in [4.69, 9.17) is 0 Å². The van der Waals surface area contributed by atoms with Gasteiger partial charge in [-0.25, -0.2) is 0 Å². The maximum Gasteiger partial charge on any atom is 0.272 e. The summed E-state index contributed by atoms with van der Waals surface area (Å²) >= 11 is 0. The second kappa shape index (κ2) is 5.40. The minimum atomic E-state index is -0.312. The van der Waals surface area contributed by atoms with Crippen LogP contribution in [-0.2, 0) is 13.0 Å². The van der Waals surface area contributed by atoms with Gasteiger partial charge in [-0.2, -0.15) is 0 Å².